The molecule has 1 amide bonds. The first-order valence-corrected chi connectivity index (χ1v) is 7.42. The second-order valence-electron chi connectivity index (χ2n) is 6.15. The molecule has 2 atom stereocenters. The summed E-state index contributed by atoms with van der Waals surface area (Å²) in [5.41, 5.74) is -1.03. The van der Waals surface area contributed by atoms with Gasteiger partial charge in [0.1, 0.15) is 0 Å². The molecule has 0 N–H and O–H groups in total. The van der Waals surface area contributed by atoms with Gasteiger partial charge in [0.05, 0.1) is 11.1 Å². The zero-order valence-electron chi connectivity index (χ0n) is 12.0. The first-order valence-electron chi connectivity index (χ1n) is 7.42. The Morgan fingerprint density at radius 3 is 2.62 bits per heavy atom. The van der Waals surface area contributed by atoms with Gasteiger partial charge in [0, 0.05) is 32.0 Å². The van der Waals surface area contributed by atoms with Crippen molar-refractivity contribution in [2.24, 2.45) is 13.0 Å². The summed E-state index contributed by atoms with van der Waals surface area (Å²) in [5, 5.41) is 0. The third-order valence-electron chi connectivity index (χ3n) is 4.75. The standard InChI is InChI=1S/C15H19F3N2O/c1-19-8-11(12(9-19)15(16,17)18)14(21)20-7-3-5-10-4-2-6-13(10)20/h8-10,13H,2-7H2,1H3/t10-,13+/m0/s1. The van der Waals surface area contributed by atoms with E-state index < -0.39 is 17.6 Å². The van der Waals surface area contributed by atoms with Crippen molar-refractivity contribution in [1.29, 1.82) is 0 Å². The highest BCUT2D eigenvalue weighted by atomic mass is 19.4. The van der Waals surface area contributed by atoms with Crippen LogP contribution in [0.5, 0.6) is 0 Å². The third kappa shape index (κ3) is 2.56. The highest BCUT2D eigenvalue weighted by molar-refractivity contribution is 5.96. The van der Waals surface area contributed by atoms with Gasteiger partial charge >= 0.3 is 6.18 Å². The molecule has 3 nitrogen and oxygen atoms in total. The number of hydrogen-bond donors (Lipinski definition) is 0. The lowest BCUT2D eigenvalue weighted by atomic mass is 9.91. The van der Waals surface area contributed by atoms with Crippen LogP contribution in [0.2, 0.25) is 0 Å². The van der Waals surface area contributed by atoms with Gasteiger partial charge in [0.2, 0.25) is 0 Å². The number of likely N-dealkylation sites (tertiary alicyclic amines) is 1. The first-order chi connectivity index (χ1) is 9.88. The average molecular weight is 300 g/mol. The molecule has 0 bridgehead atoms. The van der Waals surface area contributed by atoms with Gasteiger partial charge in [0.25, 0.3) is 5.91 Å². The van der Waals surface area contributed by atoms with Crippen LogP contribution in [0.4, 0.5) is 13.2 Å². The molecule has 1 saturated heterocycles. The number of aromatic nitrogens is 1. The number of halogens is 3. The van der Waals surface area contributed by atoms with E-state index in [2.05, 4.69) is 0 Å². The normalized spacial score (nSPS) is 26.0. The van der Waals surface area contributed by atoms with Crippen molar-refractivity contribution >= 4 is 5.91 Å². The van der Waals surface area contributed by atoms with Crippen LogP contribution in [0.15, 0.2) is 12.4 Å². The molecular formula is C15H19F3N2O. The van der Waals surface area contributed by atoms with Crippen molar-refractivity contribution in [3.05, 3.63) is 23.5 Å². The fourth-order valence-electron chi connectivity index (χ4n) is 3.84. The molecule has 0 aromatic carbocycles. The highest BCUT2D eigenvalue weighted by Crippen LogP contribution is 2.39. The summed E-state index contributed by atoms with van der Waals surface area (Å²) in [5.74, 6) is 0.0141. The molecule has 1 aliphatic carbocycles. The molecule has 21 heavy (non-hydrogen) atoms. The minimum atomic E-state index is -4.49. The maximum atomic E-state index is 13.1. The Balaban J connectivity index is 1.91. The molecule has 2 fully saturated rings. The summed E-state index contributed by atoms with van der Waals surface area (Å²) in [6.07, 6.45) is 2.86. The fraction of sp³-hybridized carbons (Fsp3) is 0.667. The van der Waals surface area contributed by atoms with E-state index in [1.165, 1.54) is 17.8 Å². The molecule has 1 aromatic heterocycles. The second kappa shape index (κ2) is 5.07. The number of amides is 1. The van der Waals surface area contributed by atoms with Crippen LogP contribution in [0.25, 0.3) is 0 Å². The lowest BCUT2D eigenvalue weighted by Gasteiger charge is -2.37. The van der Waals surface area contributed by atoms with Gasteiger partial charge in [-0.2, -0.15) is 13.2 Å². The monoisotopic (exact) mass is 300 g/mol. The minimum Gasteiger partial charge on any atom is -0.356 e. The van der Waals surface area contributed by atoms with Crippen LogP contribution in [-0.4, -0.2) is 28.0 Å². The van der Waals surface area contributed by atoms with E-state index in [9.17, 15) is 18.0 Å². The molecule has 0 radical (unpaired) electrons. The van der Waals surface area contributed by atoms with E-state index >= 15 is 0 Å². The van der Waals surface area contributed by atoms with E-state index in [0.717, 1.165) is 38.3 Å². The average Bonchev–Trinajstić information content (AvgIpc) is 3.02. The maximum absolute atomic E-state index is 13.1. The SMILES string of the molecule is Cn1cc(C(=O)N2CCC[C@@H]3CCC[C@H]32)c(C(F)(F)F)c1. The molecule has 0 spiro atoms. The Bertz CT molecular complexity index is 550. The number of carbonyl (C=O) groups excluding carboxylic acids is 1. The zero-order chi connectivity index (χ0) is 15.2. The van der Waals surface area contributed by atoms with E-state index in [4.69, 9.17) is 0 Å². The van der Waals surface area contributed by atoms with Gasteiger partial charge in [-0.3, -0.25) is 4.79 Å². The van der Waals surface area contributed by atoms with Crippen molar-refractivity contribution in [1.82, 2.24) is 9.47 Å². The summed E-state index contributed by atoms with van der Waals surface area (Å²) in [4.78, 5) is 14.3. The third-order valence-corrected chi connectivity index (χ3v) is 4.75. The van der Waals surface area contributed by atoms with Crippen LogP contribution in [-0.2, 0) is 13.2 Å². The van der Waals surface area contributed by atoms with Gasteiger partial charge in [-0.15, -0.1) is 0 Å². The minimum absolute atomic E-state index is 0.132. The van der Waals surface area contributed by atoms with Crippen LogP contribution in [0, 0.1) is 5.92 Å². The Kier molecular flexibility index (Phi) is 3.50. The van der Waals surface area contributed by atoms with E-state index in [1.807, 2.05) is 0 Å². The largest absolute Gasteiger partial charge is 0.418 e. The van der Waals surface area contributed by atoms with Crippen LogP contribution in [0.1, 0.15) is 48.0 Å². The van der Waals surface area contributed by atoms with Crippen LogP contribution < -0.4 is 0 Å². The first kappa shape index (κ1) is 14.5. The Hall–Kier alpha value is -1.46. The summed E-state index contributed by atoms with van der Waals surface area (Å²) in [6.45, 7) is 0.576. The number of fused-ring (bicyclic) bond motifs is 1. The molecule has 0 unspecified atom stereocenters. The number of aryl methyl sites for hydroxylation is 1. The quantitative estimate of drug-likeness (QED) is 0.780. The number of carbonyl (C=O) groups is 1. The number of alkyl halides is 3. The molecule has 1 aromatic rings. The summed E-state index contributed by atoms with van der Waals surface area (Å²) in [6, 6.07) is 0.132. The van der Waals surface area contributed by atoms with Gasteiger partial charge in [-0.25, -0.2) is 0 Å². The maximum Gasteiger partial charge on any atom is 0.418 e. The van der Waals surface area contributed by atoms with Gasteiger partial charge in [-0.1, -0.05) is 6.42 Å². The predicted octanol–water partition coefficient (Wildman–Crippen LogP) is 3.45. The topological polar surface area (TPSA) is 25.2 Å². The number of piperidine rings is 1. The summed E-state index contributed by atoms with van der Waals surface area (Å²) >= 11 is 0. The fourth-order valence-corrected chi connectivity index (χ4v) is 3.84. The van der Waals surface area contributed by atoms with Crippen molar-refractivity contribution < 1.29 is 18.0 Å². The second-order valence-corrected chi connectivity index (χ2v) is 6.15. The van der Waals surface area contributed by atoms with E-state index in [0.29, 0.717) is 12.5 Å². The van der Waals surface area contributed by atoms with Crippen molar-refractivity contribution in [3.8, 4) is 0 Å². The molecular weight excluding hydrogens is 281 g/mol. The van der Waals surface area contributed by atoms with Crippen molar-refractivity contribution in [2.75, 3.05) is 6.54 Å². The molecule has 1 aliphatic heterocycles. The molecule has 2 aliphatic rings. The smallest absolute Gasteiger partial charge is 0.356 e. The zero-order valence-corrected chi connectivity index (χ0v) is 12.0. The molecule has 116 valence electrons. The Morgan fingerprint density at radius 2 is 1.90 bits per heavy atom. The Morgan fingerprint density at radius 1 is 1.19 bits per heavy atom. The van der Waals surface area contributed by atoms with E-state index in [-0.39, 0.29) is 11.6 Å². The van der Waals surface area contributed by atoms with Gasteiger partial charge < -0.3 is 9.47 Å². The number of nitrogens with zero attached hydrogens (tertiary/aromatic N) is 2. The number of hydrogen-bond acceptors (Lipinski definition) is 1. The Labute approximate surface area is 121 Å². The lowest BCUT2D eigenvalue weighted by Crippen LogP contribution is -2.46. The molecule has 1 saturated carbocycles. The molecule has 6 heteroatoms. The lowest BCUT2D eigenvalue weighted by molar-refractivity contribution is -0.138. The molecule has 2 heterocycles. The predicted molar refractivity (Wildman–Crippen MR) is 71.8 cm³/mol. The number of rotatable bonds is 1. The summed E-state index contributed by atoms with van der Waals surface area (Å²) < 4.78 is 40.5. The van der Waals surface area contributed by atoms with Crippen molar-refractivity contribution in [2.45, 2.75) is 44.3 Å². The summed E-state index contributed by atoms with van der Waals surface area (Å²) in [7, 11) is 1.51. The van der Waals surface area contributed by atoms with Gasteiger partial charge in [-0.05, 0) is 31.6 Å². The van der Waals surface area contributed by atoms with Crippen molar-refractivity contribution in [3.63, 3.8) is 0 Å². The molecule has 3 rings (SSSR count). The van der Waals surface area contributed by atoms with Crippen LogP contribution in [0.3, 0.4) is 0 Å². The van der Waals surface area contributed by atoms with E-state index in [1.54, 1.807) is 4.90 Å². The van der Waals surface area contributed by atoms with Crippen LogP contribution >= 0.6 is 0 Å². The van der Waals surface area contributed by atoms with Gasteiger partial charge in [0.15, 0.2) is 0 Å². The highest BCUT2D eigenvalue weighted by Gasteiger charge is 2.42.